The van der Waals surface area contributed by atoms with Gasteiger partial charge in [-0.3, -0.25) is 4.79 Å². The summed E-state index contributed by atoms with van der Waals surface area (Å²) < 4.78 is 10.5. The van der Waals surface area contributed by atoms with Crippen LogP contribution in [0.1, 0.15) is 39.9 Å². The lowest BCUT2D eigenvalue weighted by molar-refractivity contribution is -0.142. The van der Waals surface area contributed by atoms with E-state index in [0.717, 1.165) is 6.42 Å². The van der Waals surface area contributed by atoms with Crippen LogP contribution in [0.25, 0.3) is 11.0 Å². The number of nitrogens with zero attached hydrogens (tertiary/aromatic N) is 4. The van der Waals surface area contributed by atoms with Gasteiger partial charge in [-0.15, -0.1) is 0 Å². The average molecular weight is 438 g/mol. The maximum Gasteiger partial charge on any atom is 0.410 e. The highest BCUT2D eigenvalue weighted by atomic mass is 35.5. The summed E-state index contributed by atoms with van der Waals surface area (Å²) in [7, 11) is 0. The van der Waals surface area contributed by atoms with E-state index in [0.29, 0.717) is 60.6 Å². The lowest BCUT2D eigenvalue weighted by Gasteiger charge is -2.26. The van der Waals surface area contributed by atoms with Gasteiger partial charge in [0.2, 0.25) is 0 Å². The minimum absolute atomic E-state index is 0.0476. The smallest absolute Gasteiger partial charge is 0.410 e. The third-order valence-corrected chi connectivity index (χ3v) is 4.73. The third kappa shape index (κ3) is 5.53. The molecule has 0 radical (unpaired) electrons. The van der Waals surface area contributed by atoms with Crippen molar-refractivity contribution in [1.29, 1.82) is 0 Å². The molecule has 0 aliphatic carbocycles. The van der Waals surface area contributed by atoms with Crippen molar-refractivity contribution in [2.75, 3.05) is 37.7 Å². The van der Waals surface area contributed by atoms with E-state index in [2.05, 4.69) is 19.9 Å². The fraction of sp³-hybridized carbons (Fsp3) is 0.600. The Balaban J connectivity index is 1.79. The van der Waals surface area contributed by atoms with Crippen LogP contribution in [0.2, 0.25) is 5.15 Å². The van der Waals surface area contributed by atoms with E-state index < -0.39 is 5.60 Å². The second-order valence-electron chi connectivity index (χ2n) is 8.14. The quantitative estimate of drug-likeness (QED) is 0.579. The molecule has 30 heavy (non-hydrogen) atoms. The lowest BCUT2D eigenvalue weighted by Crippen LogP contribution is -2.39. The summed E-state index contributed by atoms with van der Waals surface area (Å²) in [6.07, 6.45) is 0.492. The van der Waals surface area contributed by atoms with Gasteiger partial charge in [0.05, 0.1) is 12.1 Å². The topological polar surface area (TPSA) is 101 Å². The molecule has 1 fully saturated rings. The van der Waals surface area contributed by atoms with Crippen molar-refractivity contribution in [2.24, 2.45) is 0 Å². The molecule has 1 aliphatic rings. The zero-order valence-electron chi connectivity index (χ0n) is 17.8. The Morgan fingerprint density at radius 3 is 2.67 bits per heavy atom. The van der Waals surface area contributed by atoms with Gasteiger partial charge >= 0.3 is 12.1 Å². The van der Waals surface area contributed by atoms with E-state index in [4.69, 9.17) is 21.1 Å². The summed E-state index contributed by atoms with van der Waals surface area (Å²) >= 11 is 6.24. The summed E-state index contributed by atoms with van der Waals surface area (Å²) in [5, 5.41) is 0.331. The molecule has 1 amide bonds. The first-order chi connectivity index (χ1) is 14.2. The summed E-state index contributed by atoms with van der Waals surface area (Å²) in [5.41, 5.74) is 0.815. The number of aromatic amines is 1. The van der Waals surface area contributed by atoms with Gasteiger partial charge in [-0.1, -0.05) is 11.6 Å². The number of fused-ring (bicyclic) bond motifs is 1. The van der Waals surface area contributed by atoms with E-state index in [9.17, 15) is 9.59 Å². The van der Waals surface area contributed by atoms with Crippen LogP contribution in [0.3, 0.4) is 0 Å². The number of anilines is 1. The molecule has 1 N–H and O–H groups in total. The van der Waals surface area contributed by atoms with Gasteiger partial charge in [-0.05, 0) is 34.1 Å². The van der Waals surface area contributed by atoms with Crippen molar-refractivity contribution in [3.05, 3.63) is 17.0 Å². The fourth-order valence-corrected chi connectivity index (χ4v) is 3.50. The number of ether oxygens (including phenoxy) is 2. The number of carbonyl (C=O) groups is 2. The maximum atomic E-state index is 12.4. The Bertz CT molecular complexity index is 924. The number of halogens is 1. The van der Waals surface area contributed by atoms with E-state index in [1.807, 2.05) is 20.8 Å². The van der Waals surface area contributed by atoms with Gasteiger partial charge in [0.1, 0.15) is 28.5 Å². The highest BCUT2D eigenvalue weighted by Crippen LogP contribution is 2.27. The number of amides is 1. The van der Waals surface area contributed by atoms with Crippen LogP contribution >= 0.6 is 11.6 Å². The van der Waals surface area contributed by atoms with Crippen LogP contribution in [0.4, 0.5) is 10.6 Å². The highest BCUT2D eigenvalue weighted by Gasteiger charge is 2.26. The van der Waals surface area contributed by atoms with Crippen LogP contribution in [-0.4, -0.2) is 70.3 Å². The number of imidazole rings is 1. The predicted molar refractivity (Wildman–Crippen MR) is 114 cm³/mol. The molecular weight excluding hydrogens is 410 g/mol. The number of aromatic nitrogens is 3. The zero-order valence-corrected chi connectivity index (χ0v) is 18.6. The number of hydrogen-bond donors (Lipinski definition) is 1. The third-order valence-electron chi connectivity index (χ3n) is 4.53. The molecule has 1 saturated heterocycles. The van der Waals surface area contributed by atoms with Gasteiger partial charge in [-0.25, -0.2) is 14.8 Å². The summed E-state index contributed by atoms with van der Waals surface area (Å²) in [6.45, 7) is 10.0. The molecule has 0 aromatic carbocycles. The van der Waals surface area contributed by atoms with Crippen LogP contribution in [0.5, 0.6) is 0 Å². The average Bonchev–Trinajstić information content (AvgIpc) is 2.86. The first-order valence-corrected chi connectivity index (χ1v) is 10.5. The van der Waals surface area contributed by atoms with Gasteiger partial charge in [0.25, 0.3) is 0 Å². The number of nitrogens with one attached hydrogen (secondary N) is 1. The molecule has 164 valence electrons. The lowest BCUT2D eigenvalue weighted by atomic mass is 10.2. The van der Waals surface area contributed by atoms with Crippen molar-refractivity contribution >= 4 is 40.5 Å². The Labute approximate surface area is 180 Å². The first kappa shape index (κ1) is 22.1. The van der Waals surface area contributed by atoms with E-state index in [-0.39, 0.29) is 18.5 Å². The van der Waals surface area contributed by atoms with Crippen molar-refractivity contribution < 1.29 is 19.1 Å². The molecule has 0 saturated carbocycles. The van der Waals surface area contributed by atoms with E-state index in [1.54, 1.807) is 17.9 Å². The molecule has 2 aromatic heterocycles. The molecule has 9 nitrogen and oxygen atoms in total. The molecule has 3 heterocycles. The molecule has 10 heteroatoms. The van der Waals surface area contributed by atoms with E-state index >= 15 is 0 Å². The second kappa shape index (κ2) is 9.07. The zero-order chi connectivity index (χ0) is 21.9. The summed E-state index contributed by atoms with van der Waals surface area (Å²) in [5.74, 6) is 0.786. The normalized spacial score (nSPS) is 15.2. The van der Waals surface area contributed by atoms with Crippen molar-refractivity contribution in [1.82, 2.24) is 19.9 Å². The number of esters is 1. The molecule has 2 aromatic rings. The number of rotatable bonds is 4. The molecule has 3 rings (SSSR count). The predicted octanol–water partition coefficient (Wildman–Crippen LogP) is 3.16. The largest absolute Gasteiger partial charge is 0.466 e. The highest BCUT2D eigenvalue weighted by molar-refractivity contribution is 6.30. The molecule has 0 atom stereocenters. The Morgan fingerprint density at radius 1 is 1.20 bits per heavy atom. The minimum atomic E-state index is -0.534. The molecule has 0 bridgehead atoms. The molecular formula is C20H28ClN5O4. The Kier molecular flexibility index (Phi) is 6.70. The van der Waals surface area contributed by atoms with Crippen molar-refractivity contribution in [2.45, 2.75) is 46.1 Å². The number of H-pyrrole nitrogens is 1. The Hall–Kier alpha value is -2.55. The molecule has 0 spiro atoms. The fourth-order valence-electron chi connectivity index (χ4n) is 3.31. The van der Waals surface area contributed by atoms with Crippen LogP contribution in [0, 0.1) is 0 Å². The van der Waals surface area contributed by atoms with Crippen LogP contribution in [-0.2, 0) is 20.7 Å². The van der Waals surface area contributed by atoms with Crippen LogP contribution in [0.15, 0.2) is 6.07 Å². The van der Waals surface area contributed by atoms with Gasteiger partial charge in [0.15, 0.2) is 5.82 Å². The Morgan fingerprint density at radius 2 is 1.97 bits per heavy atom. The molecule has 0 unspecified atom stereocenters. The van der Waals surface area contributed by atoms with Crippen molar-refractivity contribution in [3.63, 3.8) is 0 Å². The summed E-state index contributed by atoms with van der Waals surface area (Å²) in [6, 6.07) is 1.69. The second-order valence-corrected chi connectivity index (χ2v) is 8.53. The maximum absolute atomic E-state index is 12.4. The van der Waals surface area contributed by atoms with Crippen molar-refractivity contribution in [3.8, 4) is 0 Å². The van der Waals surface area contributed by atoms with E-state index in [1.165, 1.54) is 0 Å². The number of carbonyl (C=O) groups excluding carboxylic acids is 2. The van der Waals surface area contributed by atoms with Gasteiger partial charge in [0, 0.05) is 32.2 Å². The summed E-state index contributed by atoms with van der Waals surface area (Å²) in [4.78, 5) is 40.2. The first-order valence-electron chi connectivity index (χ1n) is 10.1. The number of pyridine rings is 1. The SMILES string of the molecule is CCOC(=O)Cc1nc2c(N3CCCN(C(=O)OC(C)(C)C)CC3)nc(Cl)cc2[nH]1. The molecule has 1 aliphatic heterocycles. The van der Waals surface area contributed by atoms with Gasteiger partial charge in [-0.2, -0.15) is 0 Å². The standard InChI is InChI=1S/C20H28ClN5O4/c1-5-29-16(27)12-15-22-13-11-14(21)23-18(17(13)24-15)25-7-6-8-26(10-9-25)19(28)30-20(2,3)4/h11H,5-10,12H2,1-4H3,(H,22,24). The number of hydrogen-bond acceptors (Lipinski definition) is 7. The van der Waals surface area contributed by atoms with Gasteiger partial charge < -0.3 is 24.3 Å². The minimum Gasteiger partial charge on any atom is -0.466 e. The monoisotopic (exact) mass is 437 g/mol. The van der Waals surface area contributed by atoms with Crippen LogP contribution < -0.4 is 4.90 Å².